The van der Waals surface area contributed by atoms with Crippen molar-refractivity contribution in [2.75, 3.05) is 26.7 Å². The highest BCUT2D eigenvalue weighted by Gasteiger charge is 2.14. The van der Waals surface area contributed by atoms with Crippen LogP contribution in [0.3, 0.4) is 0 Å². The molecule has 1 aliphatic heterocycles. The van der Waals surface area contributed by atoms with Crippen molar-refractivity contribution in [2.45, 2.75) is 26.3 Å². The van der Waals surface area contributed by atoms with E-state index in [1.54, 1.807) is 5.56 Å². The van der Waals surface area contributed by atoms with E-state index < -0.39 is 0 Å². The van der Waals surface area contributed by atoms with Gasteiger partial charge in [0.15, 0.2) is 0 Å². The first kappa shape index (κ1) is 11.6. The Morgan fingerprint density at radius 2 is 2.19 bits per heavy atom. The Kier molecular flexibility index (Phi) is 3.97. The number of nitrogens with one attached hydrogen (secondary N) is 1. The maximum atomic E-state index is 3.20. The van der Waals surface area contributed by atoms with Crippen molar-refractivity contribution in [3.05, 3.63) is 34.9 Å². The Morgan fingerprint density at radius 1 is 1.31 bits per heavy atom. The van der Waals surface area contributed by atoms with E-state index in [4.69, 9.17) is 0 Å². The minimum absolute atomic E-state index is 1.07. The van der Waals surface area contributed by atoms with Gasteiger partial charge in [-0.05, 0) is 49.7 Å². The molecule has 1 aromatic rings. The van der Waals surface area contributed by atoms with Crippen molar-refractivity contribution >= 4 is 0 Å². The molecular formula is C14H22N2. The number of likely N-dealkylation sites (N-methyl/N-ethyl adjacent to an activating group) is 2. The number of rotatable bonds is 4. The smallest absolute Gasteiger partial charge is 0.0236 e. The summed E-state index contributed by atoms with van der Waals surface area (Å²) in [5.41, 5.74) is 4.57. The number of benzene rings is 1. The van der Waals surface area contributed by atoms with E-state index in [1.807, 2.05) is 7.05 Å². The Morgan fingerprint density at radius 3 is 2.94 bits per heavy atom. The fourth-order valence-corrected chi connectivity index (χ4v) is 2.36. The molecule has 0 atom stereocenters. The SMILES string of the molecule is CCN1CCc2cc(CCNC)ccc2C1. The maximum absolute atomic E-state index is 3.20. The highest BCUT2D eigenvalue weighted by Crippen LogP contribution is 2.20. The van der Waals surface area contributed by atoms with Crippen LogP contribution in [0.15, 0.2) is 18.2 Å². The summed E-state index contributed by atoms with van der Waals surface area (Å²) in [6.07, 6.45) is 2.36. The Labute approximate surface area is 98.7 Å². The lowest BCUT2D eigenvalue weighted by Crippen LogP contribution is -2.30. The van der Waals surface area contributed by atoms with Crippen LogP contribution in [0.4, 0.5) is 0 Å². The molecule has 2 rings (SSSR count). The fourth-order valence-electron chi connectivity index (χ4n) is 2.36. The van der Waals surface area contributed by atoms with Gasteiger partial charge in [0.05, 0.1) is 0 Å². The number of hydrogen-bond donors (Lipinski definition) is 1. The summed E-state index contributed by atoms with van der Waals surface area (Å²) in [6.45, 7) is 6.84. The second-order valence-electron chi connectivity index (χ2n) is 4.58. The molecular weight excluding hydrogens is 196 g/mol. The molecule has 88 valence electrons. The molecule has 0 saturated heterocycles. The second kappa shape index (κ2) is 5.46. The predicted molar refractivity (Wildman–Crippen MR) is 68.7 cm³/mol. The van der Waals surface area contributed by atoms with Gasteiger partial charge in [-0.25, -0.2) is 0 Å². The molecule has 0 spiro atoms. The normalized spacial score (nSPS) is 16.1. The zero-order valence-corrected chi connectivity index (χ0v) is 10.4. The quantitative estimate of drug-likeness (QED) is 0.829. The molecule has 0 fully saturated rings. The first-order chi connectivity index (χ1) is 7.83. The van der Waals surface area contributed by atoms with Crippen molar-refractivity contribution in [3.63, 3.8) is 0 Å². The predicted octanol–water partition coefficient (Wildman–Crippen LogP) is 1.83. The topological polar surface area (TPSA) is 15.3 Å². The van der Waals surface area contributed by atoms with E-state index in [0.717, 1.165) is 19.5 Å². The second-order valence-corrected chi connectivity index (χ2v) is 4.58. The van der Waals surface area contributed by atoms with Crippen molar-refractivity contribution in [3.8, 4) is 0 Å². The fraction of sp³-hybridized carbons (Fsp3) is 0.571. The summed E-state index contributed by atoms with van der Waals surface area (Å²) in [5.74, 6) is 0. The van der Waals surface area contributed by atoms with E-state index in [0.29, 0.717) is 0 Å². The molecule has 0 aromatic heterocycles. The first-order valence-electron chi connectivity index (χ1n) is 6.31. The van der Waals surface area contributed by atoms with Gasteiger partial charge < -0.3 is 5.32 Å². The minimum Gasteiger partial charge on any atom is -0.319 e. The van der Waals surface area contributed by atoms with E-state index in [-0.39, 0.29) is 0 Å². The Bertz CT molecular complexity index is 347. The van der Waals surface area contributed by atoms with Crippen molar-refractivity contribution in [2.24, 2.45) is 0 Å². The molecule has 0 radical (unpaired) electrons. The third kappa shape index (κ3) is 2.63. The van der Waals surface area contributed by atoms with Gasteiger partial charge in [-0.2, -0.15) is 0 Å². The first-order valence-corrected chi connectivity index (χ1v) is 6.31. The van der Waals surface area contributed by atoms with Gasteiger partial charge in [0, 0.05) is 13.1 Å². The van der Waals surface area contributed by atoms with Gasteiger partial charge in [-0.1, -0.05) is 25.1 Å². The standard InChI is InChI=1S/C14H22N2/c1-3-16-9-7-13-10-12(6-8-15-2)4-5-14(13)11-16/h4-5,10,15H,3,6-9,11H2,1-2H3. The zero-order valence-electron chi connectivity index (χ0n) is 10.4. The van der Waals surface area contributed by atoms with E-state index in [9.17, 15) is 0 Å². The summed E-state index contributed by atoms with van der Waals surface area (Å²) in [5, 5.41) is 3.20. The van der Waals surface area contributed by atoms with Gasteiger partial charge in [0.2, 0.25) is 0 Å². The summed E-state index contributed by atoms with van der Waals surface area (Å²) in [7, 11) is 2.01. The van der Waals surface area contributed by atoms with E-state index in [1.165, 1.54) is 30.6 Å². The third-order valence-electron chi connectivity index (χ3n) is 3.47. The van der Waals surface area contributed by atoms with Crippen LogP contribution in [0.2, 0.25) is 0 Å². The van der Waals surface area contributed by atoms with Crippen LogP contribution in [0.5, 0.6) is 0 Å². The monoisotopic (exact) mass is 218 g/mol. The van der Waals surface area contributed by atoms with Crippen LogP contribution in [0.25, 0.3) is 0 Å². The summed E-state index contributed by atoms with van der Waals surface area (Å²) < 4.78 is 0. The summed E-state index contributed by atoms with van der Waals surface area (Å²) >= 11 is 0. The molecule has 1 aromatic carbocycles. The van der Waals surface area contributed by atoms with E-state index >= 15 is 0 Å². The molecule has 0 aliphatic carbocycles. The van der Waals surface area contributed by atoms with Crippen molar-refractivity contribution in [1.82, 2.24) is 10.2 Å². The number of fused-ring (bicyclic) bond motifs is 1. The van der Waals surface area contributed by atoms with Gasteiger partial charge in [-0.15, -0.1) is 0 Å². The van der Waals surface area contributed by atoms with Gasteiger partial charge in [0.25, 0.3) is 0 Å². The van der Waals surface area contributed by atoms with Crippen molar-refractivity contribution in [1.29, 1.82) is 0 Å². The van der Waals surface area contributed by atoms with Gasteiger partial charge >= 0.3 is 0 Å². The van der Waals surface area contributed by atoms with Gasteiger partial charge in [0.1, 0.15) is 0 Å². The number of nitrogens with zero attached hydrogens (tertiary/aromatic N) is 1. The van der Waals surface area contributed by atoms with E-state index in [2.05, 4.69) is 35.3 Å². The van der Waals surface area contributed by atoms with Gasteiger partial charge in [-0.3, -0.25) is 4.90 Å². The molecule has 0 amide bonds. The minimum atomic E-state index is 1.07. The number of hydrogen-bond acceptors (Lipinski definition) is 2. The average Bonchev–Trinajstić information content (AvgIpc) is 2.35. The lowest BCUT2D eigenvalue weighted by Gasteiger charge is -2.27. The lowest BCUT2D eigenvalue weighted by molar-refractivity contribution is 0.268. The third-order valence-corrected chi connectivity index (χ3v) is 3.47. The molecule has 1 heterocycles. The molecule has 1 N–H and O–H groups in total. The molecule has 0 saturated carbocycles. The molecule has 16 heavy (non-hydrogen) atoms. The molecule has 1 aliphatic rings. The average molecular weight is 218 g/mol. The van der Waals surface area contributed by atoms with Crippen LogP contribution in [-0.2, 0) is 19.4 Å². The van der Waals surface area contributed by atoms with Crippen LogP contribution < -0.4 is 5.32 Å². The molecule has 2 nitrogen and oxygen atoms in total. The van der Waals surface area contributed by atoms with Crippen LogP contribution >= 0.6 is 0 Å². The summed E-state index contributed by atoms with van der Waals surface area (Å²) in [6, 6.07) is 7.01. The van der Waals surface area contributed by atoms with Crippen LogP contribution in [0.1, 0.15) is 23.6 Å². The van der Waals surface area contributed by atoms with Crippen LogP contribution in [0, 0.1) is 0 Å². The zero-order chi connectivity index (χ0) is 11.4. The highest BCUT2D eigenvalue weighted by atomic mass is 15.1. The molecule has 0 unspecified atom stereocenters. The van der Waals surface area contributed by atoms with Crippen molar-refractivity contribution < 1.29 is 0 Å². The molecule has 2 heteroatoms. The lowest BCUT2D eigenvalue weighted by atomic mass is 9.96. The Hall–Kier alpha value is -0.860. The largest absolute Gasteiger partial charge is 0.319 e. The highest BCUT2D eigenvalue weighted by molar-refractivity contribution is 5.34. The summed E-state index contributed by atoms with van der Waals surface area (Å²) in [4.78, 5) is 2.51. The molecule has 0 bridgehead atoms. The Balaban J connectivity index is 2.08. The van der Waals surface area contributed by atoms with Crippen LogP contribution in [-0.4, -0.2) is 31.6 Å². The maximum Gasteiger partial charge on any atom is 0.0236 e.